The van der Waals surface area contributed by atoms with Crippen LogP contribution in [0.1, 0.15) is 34.6 Å². The number of hydroxylamine groups is 2. The quantitative estimate of drug-likeness (QED) is 0.828. The van der Waals surface area contributed by atoms with Crippen molar-refractivity contribution in [2.24, 2.45) is 5.92 Å². The first-order valence-corrected chi connectivity index (χ1v) is 5.81. The van der Waals surface area contributed by atoms with Crippen LogP contribution in [0.15, 0.2) is 24.3 Å². The Balaban J connectivity index is 2.27. The summed E-state index contributed by atoms with van der Waals surface area (Å²) in [6.45, 7) is 3.27. The number of benzene rings is 1. The molecular weight excluding hydrogens is 250 g/mol. The number of hydrogen-bond acceptors (Lipinski definition) is 4. The minimum Gasteiger partial charge on any atom is -0.479 e. The van der Waals surface area contributed by atoms with E-state index in [-0.39, 0.29) is 17.0 Å². The van der Waals surface area contributed by atoms with Gasteiger partial charge in [0.25, 0.3) is 11.8 Å². The maximum absolute atomic E-state index is 12.0. The molecule has 2 rings (SSSR count). The lowest BCUT2D eigenvalue weighted by Crippen LogP contribution is -2.40. The molecule has 1 heterocycles. The van der Waals surface area contributed by atoms with E-state index in [2.05, 4.69) is 0 Å². The summed E-state index contributed by atoms with van der Waals surface area (Å²) in [4.78, 5) is 40.1. The number of carboxylic acid groups (broad SMARTS) is 1. The highest BCUT2D eigenvalue weighted by molar-refractivity contribution is 6.20. The Bertz CT molecular complexity index is 517. The largest absolute Gasteiger partial charge is 0.479 e. The lowest BCUT2D eigenvalue weighted by atomic mass is 10.1. The Morgan fingerprint density at radius 2 is 1.63 bits per heavy atom. The van der Waals surface area contributed by atoms with Gasteiger partial charge < -0.3 is 5.11 Å². The minimum absolute atomic E-state index is 0.223. The number of carbonyl (C=O) groups excluding carboxylic acids is 2. The van der Waals surface area contributed by atoms with Gasteiger partial charge in [0.05, 0.1) is 11.1 Å². The van der Waals surface area contributed by atoms with E-state index in [0.29, 0.717) is 5.06 Å². The van der Waals surface area contributed by atoms with Crippen LogP contribution in [0, 0.1) is 5.92 Å². The predicted molar refractivity (Wildman–Crippen MR) is 64.3 cm³/mol. The molecule has 1 aromatic carbocycles. The zero-order valence-electron chi connectivity index (χ0n) is 10.5. The molecule has 2 amide bonds. The maximum Gasteiger partial charge on any atom is 0.335 e. The Kier molecular flexibility index (Phi) is 3.35. The number of hydrogen-bond donors (Lipinski definition) is 1. The van der Waals surface area contributed by atoms with E-state index in [0.717, 1.165) is 0 Å². The molecule has 0 saturated carbocycles. The molecule has 19 heavy (non-hydrogen) atoms. The van der Waals surface area contributed by atoms with Gasteiger partial charge in [-0.1, -0.05) is 26.0 Å². The smallest absolute Gasteiger partial charge is 0.335 e. The number of imide groups is 1. The van der Waals surface area contributed by atoms with Gasteiger partial charge in [-0.25, -0.2) is 9.63 Å². The van der Waals surface area contributed by atoms with Crippen molar-refractivity contribution in [2.75, 3.05) is 0 Å². The normalized spacial score (nSPS) is 15.8. The van der Waals surface area contributed by atoms with E-state index < -0.39 is 23.9 Å². The van der Waals surface area contributed by atoms with Crippen LogP contribution in [-0.4, -0.2) is 34.1 Å². The second kappa shape index (κ2) is 4.81. The fourth-order valence-corrected chi connectivity index (χ4v) is 1.83. The van der Waals surface area contributed by atoms with E-state index in [4.69, 9.17) is 9.94 Å². The topological polar surface area (TPSA) is 83.9 Å². The molecule has 6 nitrogen and oxygen atoms in total. The van der Waals surface area contributed by atoms with E-state index in [1.165, 1.54) is 12.1 Å². The number of nitrogens with zero attached hydrogens (tertiary/aromatic N) is 1. The van der Waals surface area contributed by atoms with Crippen LogP contribution in [0.3, 0.4) is 0 Å². The van der Waals surface area contributed by atoms with Crippen molar-refractivity contribution in [3.05, 3.63) is 35.4 Å². The highest BCUT2D eigenvalue weighted by Crippen LogP contribution is 2.24. The van der Waals surface area contributed by atoms with Gasteiger partial charge in [0.2, 0.25) is 0 Å². The van der Waals surface area contributed by atoms with Gasteiger partial charge in [-0.2, -0.15) is 0 Å². The predicted octanol–water partition coefficient (Wildman–Crippen LogP) is 1.32. The lowest BCUT2D eigenvalue weighted by Gasteiger charge is -2.21. The van der Waals surface area contributed by atoms with Crippen molar-refractivity contribution in [3.63, 3.8) is 0 Å². The van der Waals surface area contributed by atoms with Crippen LogP contribution >= 0.6 is 0 Å². The minimum atomic E-state index is -1.25. The zero-order chi connectivity index (χ0) is 14.2. The van der Waals surface area contributed by atoms with Crippen molar-refractivity contribution in [2.45, 2.75) is 20.0 Å². The molecule has 0 saturated heterocycles. The summed E-state index contributed by atoms with van der Waals surface area (Å²) in [6, 6.07) is 6.27. The summed E-state index contributed by atoms with van der Waals surface area (Å²) in [5.41, 5.74) is 0.445. The standard InChI is InChI=1S/C13H13NO5/c1-7(2)10(13(17)18)19-14-11(15)8-5-3-4-6-9(8)12(14)16/h3-7,10H,1-2H3,(H,17,18). The van der Waals surface area contributed by atoms with Crippen molar-refractivity contribution in [1.82, 2.24) is 5.06 Å². The van der Waals surface area contributed by atoms with Crippen molar-refractivity contribution < 1.29 is 24.3 Å². The summed E-state index contributed by atoms with van der Waals surface area (Å²) in [6.07, 6.45) is -1.25. The molecule has 1 aromatic rings. The van der Waals surface area contributed by atoms with E-state index in [1.54, 1.807) is 26.0 Å². The Morgan fingerprint density at radius 1 is 1.16 bits per heavy atom. The average molecular weight is 263 g/mol. The van der Waals surface area contributed by atoms with Gasteiger partial charge >= 0.3 is 5.97 Å². The van der Waals surface area contributed by atoms with Gasteiger partial charge in [-0.05, 0) is 18.1 Å². The summed E-state index contributed by atoms with van der Waals surface area (Å²) in [5, 5.41) is 9.55. The van der Waals surface area contributed by atoms with Crippen LogP contribution < -0.4 is 0 Å². The number of carbonyl (C=O) groups is 3. The van der Waals surface area contributed by atoms with Crippen molar-refractivity contribution >= 4 is 17.8 Å². The number of fused-ring (bicyclic) bond motifs is 1. The average Bonchev–Trinajstić information content (AvgIpc) is 2.59. The zero-order valence-corrected chi connectivity index (χ0v) is 10.5. The first-order valence-electron chi connectivity index (χ1n) is 5.81. The van der Waals surface area contributed by atoms with Gasteiger partial charge in [0.1, 0.15) is 0 Å². The number of rotatable bonds is 4. The molecule has 0 aliphatic carbocycles. The first-order chi connectivity index (χ1) is 8.93. The van der Waals surface area contributed by atoms with Gasteiger partial charge in [-0.15, -0.1) is 5.06 Å². The second-order valence-electron chi connectivity index (χ2n) is 4.56. The maximum atomic E-state index is 12.0. The van der Waals surface area contributed by atoms with Crippen LogP contribution in [0.2, 0.25) is 0 Å². The van der Waals surface area contributed by atoms with Crippen LogP contribution in [0.4, 0.5) is 0 Å². The Hall–Kier alpha value is -2.21. The SMILES string of the molecule is CC(C)C(ON1C(=O)c2ccccc2C1=O)C(=O)O. The summed E-state index contributed by atoms with van der Waals surface area (Å²) < 4.78 is 0. The molecule has 0 spiro atoms. The van der Waals surface area contributed by atoms with Gasteiger partial charge in [0.15, 0.2) is 6.10 Å². The third-order valence-corrected chi connectivity index (χ3v) is 2.82. The fraction of sp³-hybridized carbons (Fsp3) is 0.308. The van der Waals surface area contributed by atoms with Gasteiger partial charge in [0, 0.05) is 0 Å². The molecule has 100 valence electrons. The highest BCUT2D eigenvalue weighted by Gasteiger charge is 2.40. The molecule has 1 unspecified atom stereocenters. The first kappa shape index (κ1) is 13.2. The van der Waals surface area contributed by atoms with E-state index in [1.807, 2.05) is 0 Å². The van der Waals surface area contributed by atoms with Crippen molar-refractivity contribution in [3.8, 4) is 0 Å². The van der Waals surface area contributed by atoms with E-state index >= 15 is 0 Å². The molecule has 1 atom stereocenters. The number of amides is 2. The Labute approximate surface area is 109 Å². The molecule has 1 aliphatic rings. The second-order valence-corrected chi connectivity index (χ2v) is 4.56. The number of carboxylic acids is 1. The summed E-state index contributed by atoms with van der Waals surface area (Å²) in [7, 11) is 0. The molecule has 1 N–H and O–H groups in total. The Morgan fingerprint density at radius 3 is 2.00 bits per heavy atom. The third-order valence-electron chi connectivity index (χ3n) is 2.82. The van der Waals surface area contributed by atoms with Crippen LogP contribution in [-0.2, 0) is 9.63 Å². The van der Waals surface area contributed by atoms with E-state index in [9.17, 15) is 14.4 Å². The monoisotopic (exact) mass is 263 g/mol. The molecule has 1 aliphatic heterocycles. The molecule has 0 fully saturated rings. The van der Waals surface area contributed by atoms with Gasteiger partial charge in [-0.3, -0.25) is 9.59 Å². The molecule has 0 bridgehead atoms. The van der Waals surface area contributed by atoms with Crippen LogP contribution in [0.25, 0.3) is 0 Å². The molecule has 0 aromatic heterocycles. The molecular formula is C13H13NO5. The number of aliphatic carboxylic acids is 1. The van der Waals surface area contributed by atoms with Crippen molar-refractivity contribution in [1.29, 1.82) is 0 Å². The highest BCUT2D eigenvalue weighted by atomic mass is 16.7. The van der Waals surface area contributed by atoms with Crippen LogP contribution in [0.5, 0.6) is 0 Å². The lowest BCUT2D eigenvalue weighted by molar-refractivity contribution is -0.181. The third kappa shape index (κ3) is 2.22. The fourth-order valence-electron chi connectivity index (χ4n) is 1.83. The molecule has 0 radical (unpaired) electrons. The summed E-state index contributed by atoms with van der Waals surface area (Å²) in [5.74, 6) is -2.85. The molecule has 6 heteroatoms. The summed E-state index contributed by atoms with van der Waals surface area (Å²) >= 11 is 0.